The number of Topliss-reactive ketones (excluding diaryl/α,β-unsaturated/α-hetero) is 1. The van der Waals surface area contributed by atoms with E-state index in [1.165, 1.54) is 0 Å². The molecule has 0 fully saturated rings. The van der Waals surface area contributed by atoms with Gasteiger partial charge in [-0.3, -0.25) is 4.79 Å². The van der Waals surface area contributed by atoms with E-state index >= 15 is 0 Å². The summed E-state index contributed by atoms with van der Waals surface area (Å²) < 4.78 is 5.16. The van der Waals surface area contributed by atoms with E-state index in [9.17, 15) is 9.59 Å². The van der Waals surface area contributed by atoms with Gasteiger partial charge in [-0.25, -0.2) is 4.79 Å². The van der Waals surface area contributed by atoms with Crippen LogP contribution in [0.15, 0.2) is 24.3 Å². The fraction of sp³-hybridized carbons (Fsp3) is 0.500. The number of hydrogen-bond acceptors (Lipinski definition) is 3. The van der Waals surface area contributed by atoms with Gasteiger partial charge in [-0.05, 0) is 24.8 Å². The standard InChI is InChI=1S/C16H23NO3/c1-5-7-14(18)16(4,20-15(17)19)13-9-6-8-12(10-13)11(2)3/h6,8-11H,5,7H2,1-4H3,(H2,17,19). The smallest absolute Gasteiger partial charge is 0.405 e. The lowest BCUT2D eigenvalue weighted by molar-refractivity contribution is -0.136. The zero-order valence-electron chi connectivity index (χ0n) is 12.6. The number of ketones is 1. The van der Waals surface area contributed by atoms with Crippen molar-refractivity contribution in [3.63, 3.8) is 0 Å². The van der Waals surface area contributed by atoms with Crippen molar-refractivity contribution in [2.45, 2.75) is 52.1 Å². The second kappa shape index (κ2) is 6.55. The molecule has 0 saturated heterocycles. The van der Waals surface area contributed by atoms with Gasteiger partial charge >= 0.3 is 6.09 Å². The first-order valence-electron chi connectivity index (χ1n) is 6.93. The molecule has 4 nitrogen and oxygen atoms in total. The Balaban J connectivity index is 3.26. The Labute approximate surface area is 120 Å². The lowest BCUT2D eigenvalue weighted by Crippen LogP contribution is -2.39. The molecule has 1 atom stereocenters. The highest BCUT2D eigenvalue weighted by Crippen LogP contribution is 2.30. The van der Waals surface area contributed by atoms with E-state index in [2.05, 4.69) is 13.8 Å². The summed E-state index contributed by atoms with van der Waals surface area (Å²) in [6.07, 6.45) is 0.0997. The van der Waals surface area contributed by atoms with E-state index in [1.54, 1.807) is 13.0 Å². The zero-order chi connectivity index (χ0) is 15.3. The molecule has 0 aromatic heterocycles. The minimum absolute atomic E-state index is 0.139. The van der Waals surface area contributed by atoms with E-state index < -0.39 is 11.7 Å². The summed E-state index contributed by atoms with van der Waals surface area (Å²) in [5.41, 5.74) is 5.58. The van der Waals surface area contributed by atoms with Crippen LogP contribution in [0.5, 0.6) is 0 Å². The molecule has 0 aliphatic rings. The Morgan fingerprint density at radius 2 is 2.00 bits per heavy atom. The first kappa shape index (κ1) is 16.2. The van der Waals surface area contributed by atoms with E-state index in [4.69, 9.17) is 10.5 Å². The van der Waals surface area contributed by atoms with Crippen LogP contribution in [0.3, 0.4) is 0 Å². The van der Waals surface area contributed by atoms with Gasteiger partial charge in [-0.1, -0.05) is 45.0 Å². The Kier molecular flexibility index (Phi) is 5.31. The van der Waals surface area contributed by atoms with E-state index in [0.717, 1.165) is 5.56 Å². The van der Waals surface area contributed by atoms with Crippen LogP contribution < -0.4 is 5.73 Å². The van der Waals surface area contributed by atoms with Gasteiger partial charge in [0.2, 0.25) is 0 Å². The van der Waals surface area contributed by atoms with Crippen molar-refractivity contribution in [2.24, 2.45) is 5.73 Å². The van der Waals surface area contributed by atoms with Crippen LogP contribution in [0.25, 0.3) is 0 Å². The summed E-state index contributed by atoms with van der Waals surface area (Å²) in [6, 6.07) is 7.55. The molecule has 1 aromatic carbocycles. The van der Waals surface area contributed by atoms with Gasteiger partial charge in [0.25, 0.3) is 0 Å². The lowest BCUT2D eigenvalue weighted by atomic mass is 9.86. The third kappa shape index (κ3) is 3.59. The average molecular weight is 277 g/mol. The zero-order valence-corrected chi connectivity index (χ0v) is 12.6. The predicted octanol–water partition coefficient (Wildman–Crippen LogP) is 3.49. The lowest BCUT2D eigenvalue weighted by Gasteiger charge is -2.28. The van der Waals surface area contributed by atoms with Gasteiger partial charge in [0.1, 0.15) is 0 Å². The molecule has 0 aliphatic heterocycles. The first-order valence-corrected chi connectivity index (χ1v) is 6.93. The van der Waals surface area contributed by atoms with Crippen LogP contribution in [0.4, 0.5) is 4.79 Å². The van der Waals surface area contributed by atoms with Crippen molar-refractivity contribution in [2.75, 3.05) is 0 Å². The maximum atomic E-state index is 12.3. The van der Waals surface area contributed by atoms with E-state index in [0.29, 0.717) is 24.3 Å². The molecule has 0 heterocycles. The van der Waals surface area contributed by atoms with Gasteiger partial charge in [-0.2, -0.15) is 0 Å². The third-order valence-electron chi connectivity index (χ3n) is 3.42. The van der Waals surface area contributed by atoms with Crippen LogP contribution in [0, 0.1) is 0 Å². The third-order valence-corrected chi connectivity index (χ3v) is 3.42. The molecule has 1 amide bonds. The van der Waals surface area contributed by atoms with Gasteiger partial charge in [0.15, 0.2) is 11.4 Å². The minimum atomic E-state index is -1.31. The van der Waals surface area contributed by atoms with Crippen molar-refractivity contribution in [1.82, 2.24) is 0 Å². The second-order valence-electron chi connectivity index (χ2n) is 5.41. The molecular weight excluding hydrogens is 254 g/mol. The Hall–Kier alpha value is -1.84. The van der Waals surface area contributed by atoms with Gasteiger partial charge in [0.05, 0.1) is 0 Å². The van der Waals surface area contributed by atoms with Gasteiger partial charge in [-0.15, -0.1) is 0 Å². The molecule has 110 valence electrons. The molecule has 1 aromatic rings. The summed E-state index contributed by atoms with van der Waals surface area (Å²) in [5, 5.41) is 0. The summed E-state index contributed by atoms with van der Waals surface area (Å²) in [6.45, 7) is 7.65. The van der Waals surface area contributed by atoms with Crippen molar-refractivity contribution in [3.05, 3.63) is 35.4 Å². The van der Waals surface area contributed by atoms with Crippen LogP contribution in [-0.4, -0.2) is 11.9 Å². The van der Waals surface area contributed by atoms with Gasteiger partial charge in [0, 0.05) is 12.0 Å². The fourth-order valence-corrected chi connectivity index (χ4v) is 2.14. The molecule has 0 bridgehead atoms. The number of amides is 1. The quantitative estimate of drug-likeness (QED) is 0.865. The molecular formula is C16H23NO3. The molecule has 4 heteroatoms. The predicted molar refractivity (Wildman–Crippen MR) is 78.5 cm³/mol. The number of ether oxygens (including phenoxy) is 1. The summed E-state index contributed by atoms with van der Waals surface area (Å²) >= 11 is 0. The normalized spacial score (nSPS) is 13.8. The van der Waals surface area contributed by atoms with Crippen LogP contribution in [0.2, 0.25) is 0 Å². The summed E-state index contributed by atoms with van der Waals surface area (Å²) in [4.78, 5) is 23.5. The maximum absolute atomic E-state index is 12.3. The highest BCUT2D eigenvalue weighted by atomic mass is 16.6. The Morgan fingerprint density at radius 1 is 1.35 bits per heavy atom. The minimum Gasteiger partial charge on any atom is -0.430 e. The van der Waals surface area contributed by atoms with E-state index in [-0.39, 0.29) is 5.78 Å². The fourth-order valence-electron chi connectivity index (χ4n) is 2.14. The Bertz CT molecular complexity index is 496. The molecule has 0 radical (unpaired) electrons. The SMILES string of the molecule is CCCC(=O)C(C)(OC(N)=O)c1cccc(C(C)C)c1. The number of rotatable bonds is 6. The first-order chi connectivity index (χ1) is 9.31. The van der Waals surface area contributed by atoms with E-state index in [1.807, 2.05) is 25.1 Å². The summed E-state index contributed by atoms with van der Waals surface area (Å²) in [7, 11) is 0. The number of primary amides is 1. The molecule has 2 N–H and O–H groups in total. The number of hydrogen-bond donors (Lipinski definition) is 1. The largest absolute Gasteiger partial charge is 0.430 e. The Morgan fingerprint density at radius 3 is 2.50 bits per heavy atom. The van der Waals surface area contributed by atoms with Crippen LogP contribution in [-0.2, 0) is 15.1 Å². The van der Waals surface area contributed by atoms with Crippen LogP contribution >= 0.6 is 0 Å². The van der Waals surface area contributed by atoms with Crippen molar-refractivity contribution in [1.29, 1.82) is 0 Å². The molecule has 0 saturated carbocycles. The maximum Gasteiger partial charge on any atom is 0.405 e. The van der Waals surface area contributed by atoms with Gasteiger partial charge < -0.3 is 10.5 Å². The number of carbonyl (C=O) groups is 2. The number of carbonyl (C=O) groups excluding carboxylic acids is 2. The molecule has 1 unspecified atom stereocenters. The highest BCUT2D eigenvalue weighted by Gasteiger charge is 2.38. The van der Waals surface area contributed by atoms with Crippen LogP contribution in [0.1, 0.15) is 57.6 Å². The number of benzene rings is 1. The summed E-state index contributed by atoms with van der Waals surface area (Å²) in [5.74, 6) is 0.189. The average Bonchev–Trinajstić information content (AvgIpc) is 2.38. The van der Waals surface area contributed by atoms with Crippen molar-refractivity contribution >= 4 is 11.9 Å². The number of nitrogens with two attached hydrogens (primary N) is 1. The topological polar surface area (TPSA) is 69.4 Å². The molecule has 20 heavy (non-hydrogen) atoms. The molecule has 0 spiro atoms. The van der Waals surface area contributed by atoms with Crippen molar-refractivity contribution < 1.29 is 14.3 Å². The molecule has 1 rings (SSSR count). The van der Waals surface area contributed by atoms with Crippen molar-refractivity contribution in [3.8, 4) is 0 Å². The second-order valence-corrected chi connectivity index (χ2v) is 5.41. The highest BCUT2D eigenvalue weighted by molar-refractivity contribution is 5.90. The monoisotopic (exact) mass is 277 g/mol. The molecule has 0 aliphatic carbocycles.